The van der Waals surface area contributed by atoms with Crippen LogP contribution in [-0.4, -0.2) is 50.0 Å². The first-order valence-electron chi connectivity index (χ1n) is 4.50. The Morgan fingerprint density at radius 2 is 1.60 bits per heavy atom. The van der Waals surface area contributed by atoms with Gasteiger partial charge < -0.3 is 22.8 Å². The fraction of sp³-hybridized carbons (Fsp3) is 0.875. The lowest BCUT2D eigenvalue weighted by molar-refractivity contribution is 0.0696. The molecule has 90 valence electrons. The number of ether oxygens (including phenoxy) is 2. The average molecular weight is 238 g/mol. The largest absolute Gasteiger partial charge is 0.507 e. The van der Waals surface area contributed by atoms with Gasteiger partial charge in [-0.15, -0.1) is 0 Å². The minimum atomic E-state index is -2.53. The first-order valence-corrected chi connectivity index (χ1v) is 6.43. The lowest BCUT2D eigenvalue weighted by Gasteiger charge is -2.23. The van der Waals surface area contributed by atoms with Crippen molar-refractivity contribution in [3.05, 3.63) is 0 Å². The van der Waals surface area contributed by atoms with Gasteiger partial charge in [-0.05, 0) is 6.42 Å². The monoisotopic (exact) mass is 238 g/mol. The lowest BCUT2D eigenvalue weighted by Crippen LogP contribution is -2.42. The van der Waals surface area contributed by atoms with Crippen LogP contribution in [0.4, 0.5) is 4.79 Å². The van der Waals surface area contributed by atoms with E-state index in [9.17, 15) is 4.79 Å². The van der Waals surface area contributed by atoms with Crippen molar-refractivity contribution in [3.8, 4) is 0 Å². The Hall–Kier alpha value is -0.633. The van der Waals surface area contributed by atoms with E-state index < -0.39 is 15.0 Å². The van der Waals surface area contributed by atoms with Crippen molar-refractivity contribution < 1.29 is 27.5 Å². The molecule has 0 aliphatic carbocycles. The second kappa shape index (κ2) is 7.63. The van der Waals surface area contributed by atoms with Crippen LogP contribution in [-0.2, 0) is 22.8 Å². The predicted molar refractivity (Wildman–Crippen MR) is 54.6 cm³/mol. The molecule has 7 heteroatoms. The Bertz CT molecular complexity index is 174. The maximum absolute atomic E-state index is 10.6. The Labute approximate surface area is 90.8 Å². The summed E-state index contributed by atoms with van der Waals surface area (Å²) in [5.41, 5.74) is 0. The predicted octanol–water partition coefficient (Wildman–Crippen LogP) is 1.04. The standard InChI is InChI=1S/C8H18O6Si/c1-10-8(9)14-6-5-7-15(11-2,12-3)13-4/h5-7H2,1-4H3. The second-order valence-corrected chi connectivity index (χ2v) is 5.79. The molecular weight excluding hydrogens is 220 g/mol. The normalized spacial score (nSPS) is 11.2. The highest BCUT2D eigenvalue weighted by atomic mass is 28.4. The van der Waals surface area contributed by atoms with E-state index in [-0.39, 0.29) is 6.61 Å². The fourth-order valence-electron chi connectivity index (χ4n) is 1.06. The molecule has 0 N–H and O–H groups in total. The maximum Gasteiger partial charge on any atom is 0.507 e. The van der Waals surface area contributed by atoms with E-state index in [1.54, 1.807) is 21.3 Å². The molecule has 0 aromatic carbocycles. The van der Waals surface area contributed by atoms with Crippen molar-refractivity contribution in [3.63, 3.8) is 0 Å². The molecule has 0 fully saturated rings. The summed E-state index contributed by atoms with van der Waals surface area (Å²) in [5, 5.41) is 0. The van der Waals surface area contributed by atoms with Crippen LogP contribution in [0.25, 0.3) is 0 Å². The zero-order valence-electron chi connectivity index (χ0n) is 9.57. The zero-order chi connectivity index (χ0) is 11.7. The highest BCUT2D eigenvalue weighted by Gasteiger charge is 2.36. The van der Waals surface area contributed by atoms with Gasteiger partial charge in [0.1, 0.15) is 0 Å². The van der Waals surface area contributed by atoms with Crippen LogP contribution in [0.3, 0.4) is 0 Å². The van der Waals surface area contributed by atoms with Crippen LogP contribution in [0.5, 0.6) is 0 Å². The van der Waals surface area contributed by atoms with E-state index in [1.165, 1.54) is 7.11 Å². The summed E-state index contributed by atoms with van der Waals surface area (Å²) in [6.07, 6.45) is -0.0777. The molecule has 0 bridgehead atoms. The Kier molecular flexibility index (Phi) is 7.31. The number of carbonyl (C=O) groups is 1. The molecule has 0 saturated carbocycles. The summed E-state index contributed by atoms with van der Waals surface area (Å²) in [6, 6.07) is 0.591. The molecule has 0 saturated heterocycles. The quantitative estimate of drug-likeness (QED) is 0.375. The lowest BCUT2D eigenvalue weighted by atomic mass is 10.5. The molecule has 0 rings (SSSR count). The molecule has 0 aliphatic rings. The van der Waals surface area contributed by atoms with Gasteiger partial charge in [-0.25, -0.2) is 4.79 Å². The van der Waals surface area contributed by atoms with E-state index in [0.29, 0.717) is 12.5 Å². The molecule has 0 heterocycles. The molecule has 15 heavy (non-hydrogen) atoms. The molecule has 0 amide bonds. The van der Waals surface area contributed by atoms with Crippen LogP contribution in [0.1, 0.15) is 6.42 Å². The Morgan fingerprint density at radius 1 is 1.07 bits per heavy atom. The topological polar surface area (TPSA) is 63.2 Å². The molecule has 0 atom stereocenters. The van der Waals surface area contributed by atoms with Gasteiger partial charge >= 0.3 is 15.0 Å². The zero-order valence-corrected chi connectivity index (χ0v) is 10.6. The van der Waals surface area contributed by atoms with Gasteiger partial charge in [0.15, 0.2) is 0 Å². The number of carbonyl (C=O) groups excluding carboxylic acids is 1. The molecule has 0 aliphatic heterocycles. The number of hydrogen-bond acceptors (Lipinski definition) is 6. The average Bonchev–Trinajstić information content (AvgIpc) is 2.30. The van der Waals surface area contributed by atoms with Crippen molar-refractivity contribution >= 4 is 15.0 Å². The molecule has 0 aromatic heterocycles. The van der Waals surface area contributed by atoms with Crippen LogP contribution >= 0.6 is 0 Å². The third-order valence-electron chi connectivity index (χ3n) is 1.95. The first kappa shape index (κ1) is 14.4. The smallest absolute Gasteiger partial charge is 0.438 e. The Balaban J connectivity index is 3.76. The van der Waals surface area contributed by atoms with Crippen molar-refractivity contribution in [1.29, 1.82) is 0 Å². The third-order valence-corrected chi connectivity index (χ3v) is 4.78. The molecule has 0 unspecified atom stereocenters. The SMILES string of the molecule is COC(=O)OCCC[Si](OC)(OC)OC. The molecule has 6 nitrogen and oxygen atoms in total. The summed E-state index contributed by atoms with van der Waals surface area (Å²) in [5.74, 6) is 0. The summed E-state index contributed by atoms with van der Waals surface area (Å²) >= 11 is 0. The minimum Gasteiger partial charge on any atom is -0.438 e. The molecule has 0 aromatic rings. The van der Waals surface area contributed by atoms with Gasteiger partial charge in [0.25, 0.3) is 0 Å². The van der Waals surface area contributed by atoms with Gasteiger partial charge in [0, 0.05) is 27.4 Å². The number of rotatable bonds is 7. The number of methoxy groups -OCH3 is 1. The summed E-state index contributed by atoms with van der Waals surface area (Å²) in [4.78, 5) is 10.6. The maximum atomic E-state index is 10.6. The van der Waals surface area contributed by atoms with E-state index >= 15 is 0 Å². The molecular formula is C8H18O6Si. The summed E-state index contributed by atoms with van der Waals surface area (Å²) < 4.78 is 24.6. The van der Waals surface area contributed by atoms with Crippen molar-refractivity contribution in [1.82, 2.24) is 0 Å². The highest BCUT2D eigenvalue weighted by Crippen LogP contribution is 2.14. The van der Waals surface area contributed by atoms with Crippen LogP contribution in [0.2, 0.25) is 6.04 Å². The molecule has 0 spiro atoms. The van der Waals surface area contributed by atoms with Gasteiger partial charge in [-0.3, -0.25) is 0 Å². The van der Waals surface area contributed by atoms with E-state index in [1.807, 2.05) is 0 Å². The third kappa shape index (κ3) is 5.12. The number of hydrogen-bond donors (Lipinski definition) is 0. The van der Waals surface area contributed by atoms with Crippen molar-refractivity contribution in [2.45, 2.75) is 12.5 Å². The highest BCUT2D eigenvalue weighted by molar-refractivity contribution is 6.60. The van der Waals surface area contributed by atoms with Crippen LogP contribution in [0.15, 0.2) is 0 Å². The van der Waals surface area contributed by atoms with Gasteiger partial charge in [0.2, 0.25) is 0 Å². The summed E-state index contributed by atoms with van der Waals surface area (Å²) in [7, 11) is 3.36. The van der Waals surface area contributed by atoms with Crippen molar-refractivity contribution in [2.75, 3.05) is 35.0 Å². The van der Waals surface area contributed by atoms with E-state index in [4.69, 9.17) is 18.0 Å². The molecule has 0 radical (unpaired) electrons. The summed E-state index contributed by atoms with van der Waals surface area (Å²) in [6.45, 7) is 0.261. The fourth-order valence-corrected chi connectivity index (χ4v) is 2.75. The van der Waals surface area contributed by atoms with Crippen LogP contribution < -0.4 is 0 Å². The first-order chi connectivity index (χ1) is 7.14. The van der Waals surface area contributed by atoms with Gasteiger partial charge in [-0.1, -0.05) is 0 Å². The van der Waals surface area contributed by atoms with Crippen molar-refractivity contribution in [2.24, 2.45) is 0 Å². The van der Waals surface area contributed by atoms with E-state index in [2.05, 4.69) is 4.74 Å². The minimum absolute atomic E-state index is 0.261. The van der Waals surface area contributed by atoms with Crippen LogP contribution in [0, 0.1) is 0 Å². The Morgan fingerprint density at radius 3 is 2.00 bits per heavy atom. The second-order valence-electron chi connectivity index (χ2n) is 2.70. The van der Waals surface area contributed by atoms with E-state index in [0.717, 1.165) is 0 Å². The van der Waals surface area contributed by atoms with Gasteiger partial charge in [0.05, 0.1) is 13.7 Å². The van der Waals surface area contributed by atoms with Gasteiger partial charge in [-0.2, -0.15) is 0 Å².